The third kappa shape index (κ3) is 5.64. The van der Waals surface area contributed by atoms with E-state index in [2.05, 4.69) is 15.3 Å². The average molecular weight is 443 g/mol. The minimum absolute atomic E-state index is 0.331. The first-order valence-electron chi connectivity index (χ1n) is 9.30. The Morgan fingerprint density at radius 3 is 2.40 bits per heavy atom. The van der Waals surface area contributed by atoms with Crippen LogP contribution in [0, 0.1) is 0 Å². The van der Waals surface area contributed by atoms with Gasteiger partial charge in [-0.2, -0.15) is 4.98 Å². The zero-order valence-corrected chi connectivity index (χ0v) is 18.6. The molecule has 0 unspecified atom stereocenters. The molecule has 0 radical (unpaired) electrons. The van der Waals surface area contributed by atoms with Gasteiger partial charge in [0.05, 0.1) is 7.11 Å². The van der Waals surface area contributed by atoms with Crippen LogP contribution in [-0.2, 0) is 17.0 Å². The number of hydrogen-bond donors (Lipinski definition) is 1. The van der Waals surface area contributed by atoms with Crippen molar-refractivity contribution in [2.75, 3.05) is 31.4 Å². The first-order valence-corrected chi connectivity index (χ1v) is 10.7. The summed E-state index contributed by atoms with van der Waals surface area (Å²) in [4.78, 5) is 23.6. The van der Waals surface area contributed by atoms with Crippen LogP contribution in [0.1, 0.15) is 21.5 Å². The van der Waals surface area contributed by atoms with E-state index in [0.29, 0.717) is 39.7 Å². The number of methoxy groups -OCH3 is 1. The van der Waals surface area contributed by atoms with Crippen LogP contribution in [0.25, 0.3) is 0 Å². The lowest BCUT2D eigenvalue weighted by Gasteiger charge is -2.18. The number of thioether (sulfide) groups is 1. The Morgan fingerprint density at radius 1 is 1.07 bits per heavy atom. The van der Waals surface area contributed by atoms with Gasteiger partial charge in [-0.25, -0.2) is 9.78 Å². The fourth-order valence-electron chi connectivity index (χ4n) is 2.66. The van der Waals surface area contributed by atoms with Crippen molar-refractivity contribution >= 4 is 41.1 Å². The van der Waals surface area contributed by atoms with Gasteiger partial charge in [-0.15, -0.1) is 11.8 Å². The summed E-state index contributed by atoms with van der Waals surface area (Å²) in [6.45, 7) is 0.480. The van der Waals surface area contributed by atoms with Crippen molar-refractivity contribution in [1.29, 1.82) is 0 Å². The van der Waals surface area contributed by atoms with Gasteiger partial charge >= 0.3 is 5.97 Å². The number of carbonyl (C=O) groups excluding carboxylic acids is 1. The number of halogens is 1. The van der Waals surface area contributed by atoms with Crippen molar-refractivity contribution in [1.82, 2.24) is 9.97 Å². The Hall–Kier alpha value is -2.77. The predicted octanol–water partition coefficient (Wildman–Crippen LogP) is 4.89. The van der Waals surface area contributed by atoms with E-state index in [0.717, 1.165) is 11.1 Å². The molecule has 1 N–H and O–H groups in total. The second-order valence-corrected chi connectivity index (χ2v) is 8.09. The molecule has 2 aromatic carbocycles. The molecule has 0 bridgehead atoms. The molecule has 0 saturated carbocycles. The van der Waals surface area contributed by atoms with Gasteiger partial charge in [0.2, 0.25) is 5.95 Å². The SMILES string of the molecule is COC(=O)c1c(NCc2ccc(Cl)cc2)nc(N(C)C)nc1SCc1ccccc1. The highest BCUT2D eigenvalue weighted by Gasteiger charge is 2.23. The summed E-state index contributed by atoms with van der Waals surface area (Å²) in [6.07, 6.45) is 0. The molecular weight excluding hydrogens is 420 g/mol. The molecule has 0 spiro atoms. The number of hydrogen-bond acceptors (Lipinski definition) is 7. The fraction of sp³-hybridized carbons (Fsp3) is 0.227. The Bertz CT molecular complexity index is 998. The van der Waals surface area contributed by atoms with Crippen LogP contribution in [0.15, 0.2) is 59.6 Å². The maximum Gasteiger partial charge on any atom is 0.344 e. The molecule has 0 aliphatic carbocycles. The normalized spacial score (nSPS) is 10.5. The Labute approximate surface area is 185 Å². The zero-order valence-electron chi connectivity index (χ0n) is 17.1. The first kappa shape index (κ1) is 21.9. The maximum atomic E-state index is 12.6. The van der Waals surface area contributed by atoms with Gasteiger partial charge in [-0.05, 0) is 23.3 Å². The molecule has 0 saturated heterocycles. The van der Waals surface area contributed by atoms with Crippen LogP contribution in [0.2, 0.25) is 5.02 Å². The minimum atomic E-state index is -0.477. The topological polar surface area (TPSA) is 67.3 Å². The van der Waals surface area contributed by atoms with E-state index in [1.807, 2.05) is 68.7 Å². The van der Waals surface area contributed by atoms with E-state index in [-0.39, 0.29) is 0 Å². The van der Waals surface area contributed by atoms with Crippen LogP contribution < -0.4 is 10.2 Å². The summed E-state index contributed by atoms with van der Waals surface area (Å²) in [5.74, 6) is 1.14. The monoisotopic (exact) mass is 442 g/mol. The predicted molar refractivity (Wildman–Crippen MR) is 122 cm³/mol. The van der Waals surface area contributed by atoms with Gasteiger partial charge < -0.3 is 15.0 Å². The largest absolute Gasteiger partial charge is 0.465 e. The van der Waals surface area contributed by atoms with Crippen LogP contribution in [0.5, 0.6) is 0 Å². The van der Waals surface area contributed by atoms with E-state index >= 15 is 0 Å². The van der Waals surface area contributed by atoms with Crippen molar-refractivity contribution in [3.05, 3.63) is 76.3 Å². The molecule has 0 aliphatic rings. The van der Waals surface area contributed by atoms with Crippen molar-refractivity contribution in [2.45, 2.75) is 17.3 Å². The van der Waals surface area contributed by atoms with Crippen molar-refractivity contribution in [3.63, 3.8) is 0 Å². The highest BCUT2D eigenvalue weighted by atomic mass is 35.5. The second-order valence-electron chi connectivity index (χ2n) is 6.69. The number of esters is 1. The number of rotatable bonds is 8. The lowest BCUT2D eigenvalue weighted by molar-refractivity contribution is 0.0596. The summed E-state index contributed by atoms with van der Waals surface area (Å²) in [5.41, 5.74) is 2.48. The van der Waals surface area contributed by atoms with E-state index in [1.165, 1.54) is 18.9 Å². The third-order valence-corrected chi connectivity index (χ3v) is 5.54. The molecule has 0 amide bonds. The third-order valence-electron chi connectivity index (χ3n) is 4.25. The molecule has 156 valence electrons. The van der Waals surface area contributed by atoms with Crippen LogP contribution in [-0.4, -0.2) is 37.1 Å². The van der Waals surface area contributed by atoms with Gasteiger partial charge in [-0.3, -0.25) is 0 Å². The van der Waals surface area contributed by atoms with Gasteiger partial charge in [0.15, 0.2) is 0 Å². The highest BCUT2D eigenvalue weighted by Crippen LogP contribution is 2.31. The molecule has 1 heterocycles. The highest BCUT2D eigenvalue weighted by molar-refractivity contribution is 7.98. The summed E-state index contributed by atoms with van der Waals surface area (Å²) in [5, 5.41) is 4.51. The molecule has 0 aliphatic heterocycles. The van der Waals surface area contributed by atoms with Gasteiger partial charge in [-0.1, -0.05) is 54.1 Å². The summed E-state index contributed by atoms with van der Waals surface area (Å²) < 4.78 is 5.03. The Kier molecular flexibility index (Phi) is 7.54. The molecule has 30 heavy (non-hydrogen) atoms. The molecular formula is C22H23ClN4O2S. The number of anilines is 2. The van der Waals surface area contributed by atoms with E-state index in [1.54, 1.807) is 4.90 Å². The van der Waals surface area contributed by atoms with Crippen molar-refractivity contribution in [2.24, 2.45) is 0 Å². The minimum Gasteiger partial charge on any atom is -0.465 e. The number of nitrogens with one attached hydrogen (secondary N) is 1. The molecule has 3 aromatic rings. The van der Waals surface area contributed by atoms with E-state index in [4.69, 9.17) is 16.3 Å². The number of carbonyl (C=O) groups is 1. The first-order chi connectivity index (χ1) is 14.5. The quantitative estimate of drug-likeness (QED) is 0.302. The maximum absolute atomic E-state index is 12.6. The summed E-state index contributed by atoms with van der Waals surface area (Å²) in [6, 6.07) is 17.5. The standard InChI is InChI=1S/C22H23ClN4O2S/c1-27(2)22-25-19(24-13-15-9-11-17(23)12-10-15)18(21(28)29-3)20(26-22)30-14-16-7-5-4-6-8-16/h4-12H,13-14H2,1-3H3,(H,24,25,26). The molecule has 3 rings (SSSR count). The van der Waals surface area contributed by atoms with Gasteiger partial charge in [0, 0.05) is 31.4 Å². The van der Waals surface area contributed by atoms with Crippen LogP contribution >= 0.6 is 23.4 Å². The molecule has 0 atom stereocenters. The average Bonchev–Trinajstić information content (AvgIpc) is 2.77. The van der Waals surface area contributed by atoms with E-state index in [9.17, 15) is 4.79 Å². The lowest BCUT2D eigenvalue weighted by atomic mass is 10.2. The molecule has 0 fully saturated rings. The Morgan fingerprint density at radius 2 is 1.77 bits per heavy atom. The van der Waals surface area contributed by atoms with Crippen LogP contribution in [0.4, 0.5) is 11.8 Å². The van der Waals surface area contributed by atoms with Crippen molar-refractivity contribution in [3.8, 4) is 0 Å². The molecule has 1 aromatic heterocycles. The number of aromatic nitrogens is 2. The smallest absolute Gasteiger partial charge is 0.344 e. The summed E-state index contributed by atoms with van der Waals surface area (Å²) >= 11 is 7.44. The fourth-order valence-corrected chi connectivity index (χ4v) is 3.75. The molecule has 8 heteroatoms. The molecule has 6 nitrogen and oxygen atoms in total. The van der Waals surface area contributed by atoms with E-state index < -0.39 is 5.97 Å². The lowest BCUT2D eigenvalue weighted by Crippen LogP contribution is -2.18. The summed E-state index contributed by atoms with van der Waals surface area (Å²) in [7, 11) is 5.08. The van der Waals surface area contributed by atoms with Crippen LogP contribution in [0.3, 0.4) is 0 Å². The second kappa shape index (κ2) is 10.3. The number of benzene rings is 2. The Balaban J connectivity index is 1.94. The van der Waals surface area contributed by atoms with Crippen molar-refractivity contribution < 1.29 is 9.53 Å². The van der Waals surface area contributed by atoms with Gasteiger partial charge in [0.25, 0.3) is 0 Å². The zero-order chi connectivity index (χ0) is 21.5. The number of ether oxygens (including phenoxy) is 1. The van der Waals surface area contributed by atoms with Gasteiger partial charge in [0.1, 0.15) is 16.4 Å². The number of nitrogens with zero attached hydrogens (tertiary/aromatic N) is 3.